The number of ether oxygens (including phenoxy) is 1. The molecule has 8 heteroatoms. The summed E-state index contributed by atoms with van der Waals surface area (Å²) in [5.74, 6) is -0.491. The summed E-state index contributed by atoms with van der Waals surface area (Å²) in [6.45, 7) is 3.05. The van der Waals surface area contributed by atoms with Crippen molar-refractivity contribution in [2.24, 2.45) is 0 Å². The lowest BCUT2D eigenvalue weighted by Crippen LogP contribution is -2.25. The van der Waals surface area contributed by atoms with Crippen molar-refractivity contribution in [3.63, 3.8) is 0 Å². The van der Waals surface area contributed by atoms with Crippen LogP contribution in [0.1, 0.15) is 13.3 Å². The lowest BCUT2D eigenvalue weighted by atomic mass is 10.3. The third-order valence-electron chi connectivity index (χ3n) is 3.08. The van der Waals surface area contributed by atoms with Gasteiger partial charge in [0.05, 0.1) is 10.4 Å². The number of nitrogens with zero attached hydrogens (tertiary/aromatic N) is 1. The second-order valence-electron chi connectivity index (χ2n) is 4.49. The van der Waals surface area contributed by atoms with Gasteiger partial charge in [-0.15, -0.1) is 0 Å². The molecule has 0 saturated carbocycles. The maximum absolute atomic E-state index is 12.1. The number of nitrogens with one attached hydrogen (secondary N) is 1. The molecule has 0 amide bonds. The minimum Gasteiger partial charge on any atom is -0.408 e. The Balaban J connectivity index is 2.28. The maximum Gasteiger partial charge on any atom is 0.419 e. The number of aryl methyl sites for hydroxylation is 1. The van der Waals surface area contributed by atoms with Crippen molar-refractivity contribution in [2.75, 3.05) is 20.3 Å². The topological polar surface area (TPSA) is 90.5 Å². The van der Waals surface area contributed by atoms with Crippen LogP contribution < -0.4 is 10.5 Å². The third-order valence-corrected chi connectivity index (χ3v) is 4.54. The Hall–Kier alpha value is -1.64. The zero-order valence-corrected chi connectivity index (χ0v) is 12.8. The fourth-order valence-electron chi connectivity index (χ4n) is 2.02. The van der Waals surface area contributed by atoms with Crippen molar-refractivity contribution in [1.29, 1.82) is 0 Å². The van der Waals surface area contributed by atoms with E-state index in [1.54, 1.807) is 13.2 Å². The summed E-state index contributed by atoms with van der Waals surface area (Å²) < 4.78 is 38.1. The molecule has 0 saturated heterocycles. The van der Waals surface area contributed by atoms with Crippen molar-refractivity contribution in [2.45, 2.75) is 24.8 Å². The van der Waals surface area contributed by atoms with Gasteiger partial charge in [-0.3, -0.25) is 4.57 Å². The quantitative estimate of drug-likeness (QED) is 0.768. The molecule has 1 heterocycles. The standard InChI is InChI=1S/C13H18N2O5S/c1-3-15-11-6-5-10(9-12(11)20-13(15)16)21(17,18)14-7-4-8-19-2/h5-6,9,14H,3-4,7-8H2,1-2H3. The summed E-state index contributed by atoms with van der Waals surface area (Å²) in [6.07, 6.45) is 0.583. The van der Waals surface area contributed by atoms with Crippen LogP contribution in [-0.4, -0.2) is 33.2 Å². The first-order valence-electron chi connectivity index (χ1n) is 6.61. The lowest BCUT2D eigenvalue weighted by molar-refractivity contribution is 0.196. The van der Waals surface area contributed by atoms with Crippen molar-refractivity contribution >= 4 is 21.1 Å². The first-order chi connectivity index (χ1) is 9.99. The Bertz CT molecular complexity index is 775. The van der Waals surface area contributed by atoms with E-state index in [-0.39, 0.29) is 17.0 Å². The van der Waals surface area contributed by atoms with E-state index < -0.39 is 15.8 Å². The number of oxazole rings is 1. The highest BCUT2D eigenvalue weighted by Crippen LogP contribution is 2.18. The van der Waals surface area contributed by atoms with Crippen LogP contribution in [0, 0.1) is 0 Å². The Labute approximate surface area is 122 Å². The van der Waals surface area contributed by atoms with Crippen LogP contribution in [0.3, 0.4) is 0 Å². The number of hydrogen-bond donors (Lipinski definition) is 1. The van der Waals surface area contributed by atoms with Gasteiger partial charge in [-0.05, 0) is 25.5 Å². The highest BCUT2D eigenvalue weighted by atomic mass is 32.2. The Morgan fingerprint density at radius 2 is 2.14 bits per heavy atom. The van der Waals surface area contributed by atoms with E-state index in [4.69, 9.17) is 9.15 Å². The average molecular weight is 314 g/mol. The molecule has 0 aliphatic carbocycles. The van der Waals surface area contributed by atoms with Crippen LogP contribution in [0.5, 0.6) is 0 Å². The van der Waals surface area contributed by atoms with E-state index in [0.717, 1.165) is 0 Å². The first kappa shape index (κ1) is 15.7. The van der Waals surface area contributed by atoms with Gasteiger partial charge in [0, 0.05) is 32.9 Å². The number of aromatic nitrogens is 1. The van der Waals surface area contributed by atoms with E-state index in [1.165, 1.54) is 16.7 Å². The van der Waals surface area contributed by atoms with Crippen LogP contribution in [0.25, 0.3) is 11.1 Å². The van der Waals surface area contributed by atoms with Crippen molar-refractivity contribution in [1.82, 2.24) is 9.29 Å². The molecule has 0 aliphatic heterocycles. The van der Waals surface area contributed by atoms with E-state index in [2.05, 4.69) is 4.72 Å². The number of benzene rings is 1. The van der Waals surface area contributed by atoms with Crippen molar-refractivity contribution in [3.8, 4) is 0 Å². The van der Waals surface area contributed by atoms with E-state index in [9.17, 15) is 13.2 Å². The molecule has 0 bridgehead atoms. The van der Waals surface area contributed by atoms with Gasteiger partial charge in [0.1, 0.15) is 0 Å². The molecule has 2 rings (SSSR count). The fraction of sp³-hybridized carbons (Fsp3) is 0.462. The molecular formula is C13H18N2O5S. The average Bonchev–Trinajstić information content (AvgIpc) is 2.77. The number of rotatable bonds is 7. The zero-order valence-electron chi connectivity index (χ0n) is 12.0. The summed E-state index contributed by atoms with van der Waals surface area (Å²) in [7, 11) is -2.06. The molecule has 1 aromatic carbocycles. The van der Waals surface area contributed by atoms with Gasteiger partial charge in [-0.25, -0.2) is 17.9 Å². The second-order valence-corrected chi connectivity index (χ2v) is 6.25. The van der Waals surface area contributed by atoms with Crippen molar-refractivity contribution in [3.05, 3.63) is 28.7 Å². The van der Waals surface area contributed by atoms with Gasteiger partial charge < -0.3 is 9.15 Å². The molecule has 0 radical (unpaired) electrons. The lowest BCUT2D eigenvalue weighted by Gasteiger charge is -2.06. The Kier molecular flexibility index (Phi) is 4.81. The molecule has 1 aromatic heterocycles. The molecule has 0 aliphatic rings. The monoisotopic (exact) mass is 314 g/mol. The van der Waals surface area contributed by atoms with Crippen LogP contribution in [0.2, 0.25) is 0 Å². The maximum atomic E-state index is 12.1. The largest absolute Gasteiger partial charge is 0.419 e. The molecule has 0 fully saturated rings. The molecule has 0 atom stereocenters. The summed E-state index contributed by atoms with van der Waals surface area (Å²) in [4.78, 5) is 11.7. The highest BCUT2D eigenvalue weighted by Gasteiger charge is 2.16. The SMILES string of the molecule is CCn1c(=O)oc2cc(S(=O)(=O)NCCCOC)ccc21. The Morgan fingerprint density at radius 1 is 1.38 bits per heavy atom. The molecule has 0 spiro atoms. The second kappa shape index (κ2) is 6.42. The van der Waals surface area contributed by atoms with Gasteiger partial charge in [0.15, 0.2) is 5.58 Å². The number of fused-ring (bicyclic) bond motifs is 1. The van der Waals surface area contributed by atoms with Crippen LogP contribution >= 0.6 is 0 Å². The van der Waals surface area contributed by atoms with E-state index >= 15 is 0 Å². The molecular weight excluding hydrogens is 296 g/mol. The minimum atomic E-state index is -3.62. The van der Waals surface area contributed by atoms with Gasteiger partial charge in [0.25, 0.3) is 0 Å². The molecule has 0 unspecified atom stereocenters. The summed E-state index contributed by atoms with van der Waals surface area (Å²) in [5.41, 5.74) is 0.849. The fourth-order valence-corrected chi connectivity index (χ4v) is 3.11. The van der Waals surface area contributed by atoms with Gasteiger partial charge in [-0.1, -0.05) is 0 Å². The first-order valence-corrected chi connectivity index (χ1v) is 8.10. The van der Waals surface area contributed by atoms with Gasteiger partial charge in [0.2, 0.25) is 10.0 Å². The van der Waals surface area contributed by atoms with Crippen LogP contribution in [0.15, 0.2) is 32.3 Å². The van der Waals surface area contributed by atoms with E-state index in [0.29, 0.717) is 25.1 Å². The minimum absolute atomic E-state index is 0.0735. The molecule has 21 heavy (non-hydrogen) atoms. The summed E-state index contributed by atoms with van der Waals surface area (Å²) in [6, 6.07) is 4.40. The van der Waals surface area contributed by atoms with Crippen molar-refractivity contribution < 1.29 is 17.6 Å². The smallest absolute Gasteiger partial charge is 0.408 e. The predicted octanol–water partition coefficient (Wildman–Crippen LogP) is 0.929. The van der Waals surface area contributed by atoms with Gasteiger partial charge in [-0.2, -0.15) is 0 Å². The van der Waals surface area contributed by atoms with Crippen LogP contribution in [-0.2, 0) is 21.3 Å². The van der Waals surface area contributed by atoms with Crippen LogP contribution in [0.4, 0.5) is 0 Å². The third kappa shape index (κ3) is 3.34. The summed E-state index contributed by atoms with van der Waals surface area (Å²) in [5, 5.41) is 0. The highest BCUT2D eigenvalue weighted by molar-refractivity contribution is 7.89. The van der Waals surface area contributed by atoms with Gasteiger partial charge >= 0.3 is 5.76 Å². The molecule has 2 aromatic rings. The molecule has 116 valence electrons. The molecule has 1 N–H and O–H groups in total. The predicted molar refractivity (Wildman–Crippen MR) is 77.8 cm³/mol. The molecule has 7 nitrogen and oxygen atoms in total. The Morgan fingerprint density at radius 3 is 2.81 bits per heavy atom. The number of methoxy groups -OCH3 is 1. The zero-order chi connectivity index (χ0) is 15.5. The summed E-state index contributed by atoms with van der Waals surface area (Å²) >= 11 is 0. The number of hydrogen-bond acceptors (Lipinski definition) is 5. The normalized spacial score (nSPS) is 12.1. The number of sulfonamides is 1. The van der Waals surface area contributed by atoms with E-state index in [1.807, 2.05) is 6.92 Å².